The maximum absolute atomic E-state index is 11.9. The Bertz CT molecular complexity index is 637. The second kappa shape index (κ2) is 5.31. The lowest BCUT2D eigenvalue weighted by Gasteiger charge is -2.10. The number of hydrogen-bond acceptors (Lipinski definition) is 3. The standard InChI is InChI=1S/C13H13Cl2NO2/c1-2-8(16)6-10-12(15)9-5-7(14)3-4-11(9)18-13(10)17/h3-5,8H,2,6,16H2,1H3. The van der Waals surface area contributed by atoms with Crippen LogP contribution in [0.3, 0.4) is 0 Å². The van der Waals surface area contributed by atoms with Crippen LogP contribution in [0.5, 0.6) is 0 Å². The third-order valence-corrected chi connectivity index (χ3v) is 3.55. The molecule has 1 atom stereocenters. The Morgan fingerprint density at radius 3 is 2.78 bits per heavy atom. The summed E-state index contributed by atoms with van der Waals surface area (Å²) in [7, 11) is 0. The van der Waals surface area contributed by atoms with E-state index in [-0.39, 0.29) is 6.04 Å². The van der Waals surface area contributed by atoms with Crippen molar-refractivity contribution in [2.45, 2.75) is 25.8 Å². The van der Waals surface area contributed by atoms with Gasteiger partial charge < -0.3 is 10.2 Å². The van der Waals surface area contributed by atoms with E-state index in [0.29, 0.717) is 33.0 Å². The van der Waals surface area contributed by atoms with Crippen LogP contribution < -0.4 is 11.4 Å². The summed E-state index contributed by atoms with van der Waals surface area (Å²) in [5.74, 6) is 0. The number of fused-ring (bicyclic) bond motifs is 1. The number of halogens is 2. The van der Waals surface area contributed by atoms with Crippen molar-refractivity contribution in [3.05, 3.63) is 44.2 Å². The number of nitrogens with two attached hydrogens (primary N) is 1. The molecule has 5 heteroatoms. The van der Waals surface area contributed by atoms with E-state index in [1.807, 2.05) is 6.92 Å². The van der Waals surface area contributed by atoms with Gasteiger partial charge in [-0.25, -0.2) is 4.79 Å². The van der Waals surface area contributed by atoms with Crippen molar-refractivity contribution < 1.29 is 4.42 Å². The average molecular weight is 286 g/mol. The Balaban J connectivity index is 2.63. The van der Waals surface area contributed by atoms with Crippen molar-refractivity contribution in [3.63, 3.8) is 0 Å². The van der Waals surface area contributed by atoms with Crippen molar-refractivity contribution in [2.75, 3.05) is 0 Å². The molecule has 0 aliphatic rings. The molecule has 0 amide bonds. The molecule has 1 aromatic carbocycles. The highest BCUT2D eigenvalue weighted by molar-refractivity contribution is 6.37. The Kier molecular flexibility index (Phi) is 3.95. The predicted molar refractivity (Wildman–Crippen MR) is 74.5 cm³/mol. The second-order valence-corrected chi connectivity index (χ2v) is 5.01. The summed E-state index contributed by atoms with van der Waals surface area (Å²) in [4.78, 5) is 11.9. The fourth-order valence-corrected chi connectivity index (χ4v) is 2.23. The van der Waals surface area contributed by atoms with Gasteiger partial charge in [0, 0.05) is 16.5 Å². The molecule has 2 aromatic rings. The lowest BCUT2D eigenvalue weighted by atomic mass is 10.0. The Morgan fingerprint density at radius 1 is 1.39 bits per heavy atom. The molecule has 0 aliphatic carbocycles. The van der Waals surface area contributed by atoms with E-state index < -0.39 is 5.63 Å². The fraction of sp³-hybridized carbons (Fsp3) is 0.308. The van der Waals surface area contributed by atoms with E-state index >= 15 is 0 Å². The summed E-state index contributed by atoms with van der Waals surface area (Å²) >= 11 is 12.2. The predicted octanol–water partition coefficient (Wildman–Crippen LogP) is 3.38. The van der Waals surface area contributed by atoms with E-state index in [0.717, 1.165) is 6.42 Å². The summed E-state index contributed by atoms with van der Waals surface area (Å²) in [6.07, 6.45) is 1.17. The van der Waals surface area contributed by atoms with Gasteiger partial charge in [-0.1, -0.05) is 30.1 Å². The number of benzene rings is 1. The van der Waals surface area contributed by atoms with Gasteiger partial charge >= 0.3 is 5.63 Å². The molecule has 0 saturated carbocycles. The zero-order valence-electron chi connectivity index (χ0n) is 9.87. The van der Waals surface area contributed by atoms with Gasteiger partial charge in [-0.05, 0) is 31.0 Å². The normalized spacial score (nSPS) is 12.9. The molecule has 0 aliphatic heterocycles. The molecule has 0 fully saturated rings. The molecular formula is C13H13Cl2NO2. The van der Waals surface area contributed by atoms with Gasteiger partial charge in [0.05, 0.1) is 10.6 Å². The molecule has 18 heavy (non-hydrogen) atoms. The highest BCUT2D eigenvalue weighted by Gasteiger charge is 2.15. The topological polar surface area (TPSA) is 56.2 Å². The van der Waals surface area contributed by atoms with E-state index in [2.05, 4.69) is 0 Å². The van der Waals surface area contributed by atoms with Crippen molar-refractivity contribution >= 4 is 34.2 Å². The zero-order chi connectivity index (χ0) is 13.3. The van der Waals surface area contributed by atoms with Gasteiger partial charge in [0.1, 0.15) is 5.58 Å². The Labute approximate surface area is 114 Å². The first kappa shape index (κ1) is 13.4. The van der Waals surface area contributed by atoms with Crippen LogP contribution in [0.4, 0.5) is 0 Å². The molecule has 2 rings (SSSR count). The van der Waals surface area contributed by atoms with E-state index in [1.54, 1.807) is 18.2 Å². The third kappa shape index (κ3) is 2.53. The SMILES string of the molecule is CCC(N)Cc1c(Cl)c2cc(Cl)ccc2oc1=O. The van der Waals surface area contributed by atoms with Crippen LogP contribution in [-0.4, -0.2) is 6.04 Å². The first-order chi connectivity index (χ1) is 8.52. The minimum atomic E-state index is -0.432. The molecule has 1 unspecified atom stereocenters. The number of hydrogen-bond donors (Lipinski definition) is 1. The van der Waals surface area contributed by atoms with E-state index in [4.69, 9.17) is 33.4 Å². The van der Waals surface area contributed by atoms with Gasteiger partial charge in [0.25, 0.3) is 0 Å². The van der Waals surface area contributed by atoms with Crippen molar-refractivity contribution in [1.82, 2.24) is 0 Å². The lowest BCUT2D eigenvalue weighted by molar-refractivity contribution is 0.538. The minimum Gasteiger partial charge on any atom is -0.422 e. The first-order valence-corrected chi connectivity index (χ1v) is 6.44. The summed E-state index contributed by atoms with van der Waals surface area (Å²) in [6.45, 7) is 1.96. The van der Waals surface area contributed by atoms with Crippen molar-refractivity contribution in [1.29, 1.82) is 0 Å². The first-order valence-electron chi connectivity index (χ1n) is 5.69. The molecule has 0 radical (unpaired) electrons. The van der Waals surface area contributed by atoms with Gasteiger partial charge in [0.2, 0.25) is 0 Å². The minimum absolute atomic E-state index is 0.109. The Hall–Kier alpha value is -1.03. The highest BCUT2D eigenvalue weighted by atomic mass is 35.5. The highest BCUT2D eigenvalue weighted by Crippen LogP contribution is 2.28. The molecule has 0 spiro atoms. The molecular weight excluding hydrogens is 273 g/mol. The molecule has 1 heterocycles. The molecule has 0 bridgehead atoms. The summed E-state index contributed by atoms with van der Waals surface area (Å²) < 4.78 is 5.22. The fourth-order valence-electron chi connectivity index (χ4n) is 1.76. The number of rotatable bonds is 3. The third-order valence-electron chi connectivity index (χ3n) is 2.88. The molecule has 0 saturated heterocycles. The monoisotopic (exact) mass is 285 g/mol. The van der Waals surface area contributed by atoms with Crippen LogP contribution in [0.15, 0.2) is 27.4 Å². The summed E-state index contributed by atoms with van der Waals surface area (Å²) in [5.41, 5.74) is 6.27. The summed E-state index contributed by atoms with van der Waals surface area (Å²) in [5, 5.41) is 1.57. The largest absolute Gasteiger partial charge is 0.422 e. The van der Waals surface area contributed by atoms with Gasteiger partial charge in [-0.15, -0.1) is 0 Å². The van der Waals surface area contributed by atoms with Crippen LogP contribution in [0.2, 0.25) is 10.0 Å². The zero-order valence-corrected chi connectivity index (χ0v) is 11.4. The van der Waals surface area contributed by atoms with Gasteiger partial charge in [0.15, 0.2) is 0 Å². The van der Waals surface area contributed by atoms with Crippen LogP contribution >= 0.6 is 23.2 Å². The lowest BCUT2D eigenvalue weighted by Crippen LogP contribution is -2.25. The van der Waals surface area contributed by atoms with Gasteiger partial charge in [-0.2, -0.15) is 0 Å². The van der Waals surface area contributed by atoms with Crippen molar-refractivity contribution in [3.8, 4) is 0 Å². The smallest absolute Gasteiger partial charge is 0.341 e. The quantitative estimate of drug-likeness (QED) is 0.880. The molecule has 2 N–H and O–H groups in total. The van der Waals surface area contributed by atoms with Crippen LogP contribution in [-0.2, 0) is 6.42 Å². The maximum Gasteiger partial charge on any atom is 0.341 e. The second-order valence-electron chi connectivity index (χ2n) is 4.19. The molecule has 1 aromatic heterocycles. The van der Waals surface area contributed by atoms with E-state index in [9.17, 15) is 4.79 Å². The maximum atomic E-state index is 11.9. The molecule has 3 nitrogen and oxygen atoms in total. The Morgan fingerprint density at radius 2 is 2.11 bits per heavy atom. The summed E-state index contributed by atoms with van der Waals surface area (Å²) in [6, 6.07) is 4.86. The average Bonchev–Trinajstić information content (AvgIpc) is 2.35. The van der Waals surface area contributed by atoms with Crippen LogP contribution in [0.1, 0.15) is 18.9 Å². The van der Waals surface area contributed by atoms with Crippen LogP contribution in [0.25, 0.3) is 11.0 Å². The van der Waals surface area contributed by atoms with Gasteiger partial charge in [-0.3, -0.25) is 0 Å². The molecule has 96 valence electrons. The van der Waals surface area contributed by atoms with E-state index in [1.165, 1.54) is 0 Å². The van der Waals surface area contributed by atoms with Crippen LogP contribution in [0, 0.1) is 0 Å². The van der Waals surface area contributed by atoms with Crippen molar-refractivity contribution in [2.24, 2.45) is 5.73 Å².